The zero-order valence-corrected chi connectivity index (χ0v) is 7.18. The third kappa shape index (κ3) is 2.88. The molecule has 0 spiro atoms. The van der Waals surface area contributed by atoms with E-state index in [4.69, 9.17) is 5.11 Å². The number of aromatic hydroxyl groups is 1. The van der Waals surface area contributed by atoms with Crippen LogP contribution in [0.5, 0.6) is 5.75 Å². The molecule has 0 aliphatic carbocycles. The average molecular weight is 206 g/mol. The van der Waals surface area contributed by atoms with E-state index in [0.29, 0.717) is 0 Å². The van der Waals surface area contributed by atoms with Crippen LogP contribution in [0, 0.1) is 5.82 Å². The van der Waals surface area contributed by atoms with Crippen molar-refractivity contribution < 1.29 is 17.9 Å². The van der Waals surface area contributed by atoms with Crippen molar-refractivity contribution in [3.8, 4) is 5.75 Å². The van der Waals surface area contributed by atoms with E-state index in [1.54, 1.807) is 4.72 Å². The molecule has 0 saturated carbocycles. The van der Waals surface area contributed by atoms with Crippen LogP contribution in [0.4, 0.5) is 10.1 Å². The first-order chi connectivity index (χ1) is 5.88. The molecule has 72 valence electrons. The van der Waals surface area contributed by atoms with Crippen molar-refractivity contribution in [3.63, 3.8) is 0 Å². The summed E-state index contributed by atoms with van der Waals surface area (Å²) in [4.78, 5) is 0. The van der Waals surface area contributed by atoms with Crippen LogP contribution in [0.3, 0.4) is 0 Å². The van der Waals surface area contributed by atoms with E-state index in [1.807, 2.05) is 0 Å². The number of hydrogen-bond acceptors (Lipinski definition) is 3. The molecule has 0 bridgehead atoms. The van der Waals surface area contributed by atoms with Crippen molar-refractivity contribution in [2.24, 2.45) is 5.14 Å². The number of anilines is 1. The molecule has 0 saturated heterocycles. The topological polar surface area (TPSA) is 92.4 Å². The summed E-state index contributed by atoms with van der Waals surface area (Å²) in [6.07, 6.45) is 0. The molecule has 0 aromatic heterocycles. The first-order valence-corrected chi connectivity index (χ1v) is 4.72. The molecule has 7 heteroatoms. The number of benzene rings is 1. The lowest BCUT2D eigenvalue weighted by molar-refractivity contribution is 0.469. The van der Waals surface area contributed by atoms with Gasteiger partial charge in [-0.3, -0.25) is 4.72 Å². The highest BCUT2D eigenvalue weighted by atomic mass is 32.2. The Kier molecular flexibility index (Phi) is 2.39. The number of nitrogens with two attached hydrogens (primary N) is 1. The van der Waals surface area contributed by atoms with Crippen molar-refractivity contribution in [2.45, 2.75) is 0 Å². The lowest BCUT2D eigenvalue weighted by Gasteiger charge is -2.04. The van der Waals surface area contributed by atoms with Crippen molar-refractivity contribution in [3.05, 3.63) is 24.0 Å². The van der Waals surface area contributed by atoms with Crippen LogP contribution in [0.1, 0.15) is 0 Å². The Bertz CT molecular complexity index is 418. The van der Waals surface area contributed by atoms with E-state index in [9.17, 15) is 12.8 Å². The molecule has 5 nitrogen and oxygen atoms in total. The highest BCUT2D eigenvalue weighted by Crippen LogP contribution is 2.19. The number of rotatable bonds is 2. The van der Waals surface area contributed by atoms with Crippen LogP contribution in [-0.2, 0) is 10.2 Å². The van der Waals surface area contributed by atoms with E-state index in [1.165, 1.54) is 0 Å². The Hall–Kier alpha value is -1.34. The maximum atomic E-state index is 12.8. The van der Waals surface area contributed by atoms with Gasteiger partial charge < -0.3 is 5.11 Å². The van der Waals surface area contributed by atoms with Crippen molar-refractivity contribution >= 4 is 15.9 Å². The quantitative estimate of drug-likeness (QED) is 0.601. The molecule has 1 aromatic carbocycles. The molecule has 1 aromatic rings. The maximum absolute atomic E-state index is 12.8. The summed E-state index contributed by atoms with van der Waals surface area (Å²) in [6.45, 7) is 0. The summed E-state index contributed by atoms with van der Waals surface area (Å²) < 4.78 is 35.5. The fourth-order valence-corrected chi connectivity index (χ4v) is 1.21. The highest BCUT2D eigenvalue weighted by molar-refractivity contribution is 7.90. The minimum atomic E-state index is -3.98. The van der Waals surface area contributed by atoms with Crippen LogP contribution in [0.2, 0.25) is 0 Å². The van der Waals surface area contributed by atoms with Gasteiger partial charge in [0.25, 0.3) is 10.2 Å². The highest BCUT2D eigenvalue weighted by Gasteiger charge is 2.07. The van der Waals surface area contributed by atoms with E-state index in [2.05, 4.69) is 5.14 Å². The molecule has 0 aliphatic rings. The fraction of sp³-hybridized carbons (Fsp3) is 0. The lowest BCUT2D eigenvalue weighted by atomic mass is 10.3. The van der Waals surface area contributed by atoms with Crippen LogP contribution >= 0.6 is 0 Å². The van der Waals surface area contributed by atoms with Gasteiger partial charge in [-0.2, -0.15) is 8.42 Å². The molecule has 13 heavy (non-hydrogen) atoms. The third-order valence-corrected chi connectivity index (χ3v) is 1.71. The van der Waals surface area contributed by atoms with Crippen LogP contribution in [-0.4, -0.2) is 13.5 Å². The summed E-state index contributed by atoms with van der Waals surface area (Å²) in [5.41, 5.74) is -0.305. The summed E-state index contributed by atoms with van der Waals surface area (Å²) in [5.74, 6) is -1.19. The summed E-state index contributed by atoms with van der Waals surface area (Å²) in [7, 11) is -3.98. The van der Waals surface area contributed by atoms with E-state index >= 15 is 0 Å². The molecule has 0 fully saturated rings. The van der Waals surface area contributed by atoms with Gasteiger partial charge in [-0.1, -0.05) is 0 Å². The van der Waals surface area contributed by atoms with Gasteiger partial charge in [-0.15, -0.1) is 0 Å². The van der Waals surface area contributed by atoms with Crippen molar-refractivity contribution in [2.75, 3.05) is 4.72 Å². The van der Waals surface area contributed by atoms with Gasteiger partial charge in [-0.25, -0.2) is 9.53 Å². The first kappa shape index (κ1) is 9.75. The second-order valence-corrected chi connectivity index (χ2v) is 3.61. The van der Waals surface area contributed by atoms with Gasteiger partial charge in [0, 0.05) is 6.07 Å². The van der Waals surface area contributed by atoms with E-state index in [-0.39, 0.29) is 11.4 Å². The number of halogens is 1. The molecule has 0 unspecified atom stereocenters. The predicted octanol–water partition coefficient (Wildman–Crippen LogP) is 0.147. The first-order valence-electron chi connectivity index (χ1n) is 3.17. The molecule has 4 N–H and O–H groups in total. The standard InChI is InChI=1S/C6H7FN2O3S/c7-5-3-4(10)1-2-6(5)9-13(8,11)12/h1-3,9-10H,(H2,8,11,12). The third-order valence-electron chi connectivity index (χ3n) is 1.20. The number of phenols is 1. The Morgan fingerprint density at radius 2 is 2.08 bits per heavy atom. The second-order valence-electron chi connectivity index (χ2n) is 2.31. The fourth-order valence-electron chi connectivity index (χ4n) is 0.740. The molecule has 0 heterocycles. The zero-order chi connectivity index (χ0) is 10.1. The maximum Gasteiger partial charge on any atom is 0.296 e. The number of hydrogen-bond donors (Lipinski definition) is 3. The van der Waals surface area contributed by atoms with Crippen LogP contribution < -0.4 is 9.86 Å². The zero-order valence-electron chi connectivity index (χ0n) is 6.36. The molecular formula is C6H7FN2O3S. The van der Waals surface area contributed by atoms with Gasteiger partial charge >= 0.3 is 0 Å². The van der Waals surface area contributed by atoms with Crippen molar-refractivity contribution in [1.29, 1.82) is 0 Å². The largest absolute Gasteiger partial charge is 0.508 e. The smallest absolute Gasteiger partial charge is 0.296 e. The number of phenolic OH excluding ortho intramolecular Hbond substituents is 1. The molecule has 0 aliphatic heterocycles. The molecule has 0 atom stereocenters. The molecule has 0 amide bonds. The van der Waals surface area contributed by atoms with Crippen molar-refractivity contribution in [1.82, 2.24) is 0 Å². The molecular weight excluding hydrogens is 199 g/mol. The number of nitrogens with one attached hydrogen (secondary N) is 1. The SMILES string of the molecule is NS(=O)(=O)Nc1ccc(O)cc1F. The Morgan fingerprint density at radius 3 is 2.54 bits per heavy atom. The van der Waals surface area contributed by atoms with E-state index < -0.39 is 16.0 Å². The summed E-state index contributed by atoms with van der Waals surface area (Å²) in [6, 6.07) is 2.97. The average Bonchev–Trinajstić information content (AvgIpc) is 1.93. The second kappa shape index (κ2) is 3.19. The van der Waals surface area contributed by atoms with Gasteiger partial charge in [0.05, 0.1) is 5.69 Å². The lowest BCUT2D eigenvalue weighted by Crippen LogP contribution is -2.22. The van der Waals surface area contributed by atoms with Gasteiger partial charge in [-0.05, 0) is 12.1 Å². The Labute approximate surface area is 74.2 Å². The minimum absolute atomic E-state index is 0.294. The summed E-state index contributed by atoms with van der Waals surface area (Å²) in [5, 5.41) is 13.4. The summed E-state index contributed by atoms with van der Waals surface area (Å²) >= 11 is 0. The van der Waals surface area contributed by atoms with Gasteiger partial charge in [0.15, 0.2) is 5.82 Å². The van der Waals surface area contributed by atoms with Crippen LogP contribution in [0.25, 0.3) is 0 Å². The molecule has 1 rings (SSSR count). The minimum Gasteiger partial charge on any atom is -0.508 e. The normalized spacial score (nSPS) is 11.2. The van der Waals surface area contributed by atoms with Gasteiger partial charge in [0.2, 0.25) is 0 Å². The predicted molar refractivity (Wildman–Crippen MR) is 44.8 cm³/mol. The van der Waals surface area contributed by atoms with Gasteiger partial charge in [0.1, 0.15) is 5.75 Å². The molecule has 0 radical (unpaired) electrons. The Balaban J connectivity index is 3.04. The Morgan fingerprint density at radius 1 is 1.46 bits per heavy atom. The monoisotopic (exact) mass is 206 g/mol. The van der Waals surface area contributed by atoms with E-state index in [0.717, 1.165) is 18.2 Å². The van der Waals surface area contributed by atoms with Crippen LogP contribution in [0.15, 0.2) is 18.2 Å².